The van der Waals surface area contributed by atoms with Crippen LogP contribution in [0.25, 0.3) is 0 Å². The van der Waals surface area contributed by atoms with Crippen LogP contribution in [0.5, 0.6) is 0 Å². The standard InChI is InChI=1S/C20H22ClN3O3S.ClH/c1-24(2,3)10-5-9-22-20(27)23-15-8-7-13(21)12-14(15)17(19(23)26)18(25)16-6-4-11-28-16;/h4,6-8,11-12,17H,5,9-10H2,1-3H3;1H. The molecule has 0 saturated heterocycles. The Balaban J connectivity index is 0.00000300. The number of nitrogens with one attached hydrogen (secondary N) is 1. The van der Waals surface area contributed by atoms with E-state index in [1.165, 1.54) is 11.3 Å². The minimum atomic E-state index is -1.05. The number of benzene rings is 1. The minimum Gasteiger partial charge on any atom is -1.00 e. The van der Waals surface area contributed by atoms with Crippen molar-refractivity contribution >= 4 is 46.3 Å². The van der Waals surface area contributed by atoms with E-state index in [1.807, 2.05) is 0 Å². The third-order valence-corrected chi connectivity index (χ3v) is 5.64. The summed E-state index contributed by atoms with van der Waals surface area (Å²) in [6, 6.07) is 7.74. The van der Waals surface area contributed by atoms with E-state index in [0.29, 0.717) is 27.7 Å². The van der Waals surface area contributed by atoms with Crippen LogP contribution in [0, 0.1) is 0 Å². The van der Waals surface area contributed by atoms with E-state index in [2.05, 4.69) is 26.5 Å². The number of amides is 3. The van der Waals surface area contributed by atoms with E-state index in [4.69, 9.17) is 11.6 Å². The molecule has 3 rings (SSSR count). The molecule has 29 heavy (non-hydrogen) atoms. The molecule has 1 aromatic heterocycles. The summed E-state index contributed by atoms with van der Waals surface area (Å²) in [5.74, 6) is -1.91. The number of urea groups is 1. The van der Waals surface area contributed by atoms with Crippen LogP contribution in [0.15, 0.2) is 35.7 Å². The minimum absolute atomic E-state index is 0. The monoisotopic (exact) mass is 455 g/mol. The Labute approximate surface area is 185 Å². The summed E-state index contributed by atoms with van der Waals surface area (Å²) >= 11 is 7.37. The normalized spacial score (nSPS) is 15.7. The van der Waals surface area contributed by atoms with Gasteiger partial charge in [0, 0.05) is 18.0 Å². The van der Waals surface area contributed by atoms with Crippen molar-refractivity contribution in [3.63, 3.8) is 0 Å². The van der Waals surface area contributed by atoms with Crippen LogP contribution in [-0.2, 0) is 4.79 Å². The fourth-order valence-corrected chi connectivity index (χ4v) is 4.07. The van der Waals surface area contributed by atoms with E-state index in [1.54, 1.807) is 35.7 Å². The molecule has 0 radical (unpaired) electrons. The Kier molecular flexibility index (Phi) is 7.45. The number of carbonyl (C=O) groups excluding carboxylic acids is 3. The van der Waals surface area contributed by atoms with E-state index < -0.39 is 17.9 Å². The van der Waals surface area contributed by atoms with Gasteiger partial charge in [-0.3, -0.25) is 9.59 Å². The predicted molar refractivity (Wildman–Crippen MR) is 111 cm³/mol. The molecule has 0 bridgehead atoms. The Morgan fingerprint density at radius 2 is 1.97 bits per heavy atom. The lowest BCUT2D eigenvalue weighted by molar-refractivity contribution is -0.870. The Morgan fingerprint density at radius 1 is 1.24 bits per heavy atom. The van der Waals surface area contributed by atoms with Gasteiger partial charge in [-0.2, -0.15) is 0 Å². The maximum Gasteiger partial charge on any atom is 0.328 e. The third kappa shape index (κ3) is 5.17. The Bertz CT molecular complexity index is 910. The van der Waals surface area contributed by atoms with Gasteiger partial charge in [-0.1, -0.05) is 17.7 Å². The number of anilines is 1. The van der Waals surface area contributed by atoms with E-state index in [9.17, 15) is 14.4 Å². The number of rotatable bonds is 6. The van der Waals surface area contributed by atoms with E-state index >= 15 is 0 Å². The van der Waals surface area contributed by atoms with Crippen LogP contribution in [0.4, 0.5) is 10.5 Å². The molecule has 3 amide bonds. The highest BCUT2D eigenvalue weighted by Crippen LogP contribution is 2.41. The van der Waals surface area contributed by atoms with Crippen molar-refractivity contribution in [1.29, 1.82) is 0 Å². The second-order valence-electron chi connectivity index (χ2n) is 7.75. The van der Waals surface area contributed by atoms with Gasteiger partial charge in [0.1, 0.15) is 5.92 Å². The summed E-state index contributed by atoms with van der Waals surface area (Å²) in [4.78, 5) is 40.2. The molecule has 1 N–H and O–H groups in total. The second kappa shape index (κ2) is 9.26. The highest BCUT2D eigenvalue weighted by molar-refractivity contribution is 7.12. The number of hydrogen-bond acceptors (Lipinski definition) is 4. The van der Waals surface area contributed by atoms with Crippen molar-refractivity contribution in [1.82, 2.24) is 5.32 Å². The number of carbonyl (C=O) groups is 3. The molecule has 0 saturated carbocycles. The first-order chi connectivity index (χ1) is 13.2. The molecule has 1 unspecified atom stereocenters. The van der Waals surface area contributed by atoms with E-state index in [0.717, 1.165) is 22.3 Å². The lowest BCUT2D eigenvalue weighted by Gasteiger charge is -2.24. The van der Waals surface area contributed by atoms with Crippen LogP contribution in [0.1, 0.15) is 27.6 Å². The number of ketones is 1. The number of halogens is 2. The van der Waals surface area contributed by atoms with Crippen molar-refractivity contribution < 1.29 is 31.3 Å². The zero-order chi connectivity index (χ0) is 20.5. The van der Waals surface area contributed by atoms with Gasteiger partial charge in [-0.05, 0) is 35.2 Å². The fourth-order valence-electron chi connectivity index (χ4n) is 3.19. The molecule has 0 fully saturated rings. The van der Waals surface area contributed by atoms with Gasteiger partial charge >= 0.3 is 6.03 Å². The second-order valence-corrected chi connectivity index (χ2v) is 9.13. The van der Waals surface area contributed by atoms with Crippen LogP contribution < -0.4 is 22.6 Å². The van der Waals surface area contributed by atoms with Crippen molar-refractivity contribution in [2.75, 3.05) is 39.1 Å². The van der Waals surface area contributed by atoms with Crippen LogP contribution in [0.3, 0.4) is 0 Å². The van der Waals surface area contributed by atoms with Crippen LogP contribution >= 0.6 is 22.9 Å². The molecule has 6 nitrogen and oxygen atoms in total. The quantitative estimate of drug-likeness (QED) is 0.299. The van der Waals surface area contributed by atoms with E-state index in [-0.39, 0.29) is 18.2 Å². The van der Waals surface area contributed by atoms with Gasteiger partial charge in [-0.25, -0.2) is 9.69 Å². The van der Waals surface area contributed by atoms with Crippen molar-refractivity contribution in [3.05, 3.63) is 51.2 Å². The van der Waals surface area contributed by atoms with Gasteiger partial charge in [-0.15, -0.1) is 11.3 Å². The van der Waals surface area contributed by atoms with Crippen molar-refractivity contribution in [2.45, 2.75) is 12.3 Å². The number of nitrogens with zero attached hydrogens (tertiary/aromatic N) is 2. The molecule has 156 valence electrons. The zero-order valence-electron chi connectivity index (χ0n) is 16.4. The summed E-state index contributed by atoms with van der Waals surface area (Å²) in [5, 5.41) is 4.99. The average Bonchev–Trinajstić information content (AvgIpc) is 3.23. The SMILES string of the molecule is C[N+](C)(C)CCCNC(=O)N1C(=O)C(C(=O)c2cccs2)c2cc(Cl)ccc21.[Cl-]. The van der Waals surface area contributed by atoms with Gasteiger partial charge in [0.05, 0.1) is 38.3 Å². The molecule has 0 spiro atoms. The Morgan fingerprint density at radius 3 is 2.59 bits per heavy atom. The number of thiophene rings is 1. The topological polar surface area (TPSA) is 66.5 Å². The smallest absolute Gasteiger partial charge is 0.328 e. The summed E-state index contributed by atoms with van der Waals surface area (Å²) < 4.78 is 0.789. The molecule has 9 heteroatoms. The first-order valence-electron chi connectivity index (χ1n) is 8.98. The van der Waals surface area contributed by atoms with Crippen molar-refractivity contribution in [2.24, 2.45) is 0 Å². The lowest BCUT2D eigenvalue weighted by atomic mass is 9.95. The molecular weight excluding hydrogens is 433 g/mol. The van der Waals surface area contributed by atoms with Gasteiger partial charge in [0.15, 0.2) is 5.78 Å². The molecular formula is C20H23Cl2N3O3S. The molecule has 1 atom stereocenters. The van der Waals surface area contributed by atoms with Gasteiger partial charge in [0.25, 0.3) is 5.91 Å². The van der Waals surface area contributed by atoms with Crippen LogP contribution in [0.2, 0.25) is 5.02 Å². The number of imide groups is 1. The molecule has 1 aromatic carbocycles. The number of Topliss-reactive ketones (excluding diaryl/α,β-unsaturated/α-hetero) is 1. The van der Waals surface area contributed by atoms with Crippen LogP contribution in [-0.4, -0.2) is 56.4 Å². The largest absolute Gasteiger partial charge is 1.00 e. The van der Waals surface area contributed by atoms with Gasteiger partial charge in [0.2, 0.25) is 0 Å². The summed E-state index contributed by atoms with van der Waals surface area (Å²) in [5.41, 5.74) is 0.880. The summed E-state index contributed by atoms with van der Waals surface area (Å²) in [6.07, 6.45) is 0.780. The molecule has 2 aromatic rings. The zero-order valence-corrected chi connectivity index (χ0v) is 18.8. The summed E-state index contributed by atoms with van der Waals surface area (Å²) in [7, 11) is 6.23. The molecule has 0 aliphatic carbocycles. The highest BCUT2D eigenvalue weighted by Gasteiger charge is 2.45. The first kappa shape index (κ1) is 23.3. The summed E-state index contributed by atoms with van der Waals surface area (Å²) in [6.45, 7) is 1.34. The maximum atomic E-state index is 13.0. The fraction of sp³-hybridized carbons (Fsp3) is 0.350. The van der Waals surface area contributed by atoms with Crippen molar-refractivity contribution in [3.8, 4) is 0 Å². The van der Waals surface area contributed by atoms with Gasteiger partial charge < -0.3 is 22.2 Å². The number of hydrogen-bond donors (Lipinski definition) is 1. The average molecular weight is 456 g/mol. The maximum absolute atomic E-state index is 13.0. The third-order valence-electron chi connectivity index (χ3n) is 4.52. The predicted octanol–water partition coefficient (Wildman–Crippen LogP) is 0.524. The number of quaternary nitrogens is 1. The molecule has 1 aliphatic rings. The highest BCUT2D eigenvalue weighted by atomic mass is 35.5. The Hall–Kier alpha value is -1.93. The molecule has 1 aliphatic heterocycles. The first-order valence-corrected chi connectivity index (χ1v) is 10.2. The lowest BCUT2D eigenvalue weighted by Crippen LogP contribution is -3.00. The number of fused-ring (bicyclic) bond motifs is 1. The molecule has 2 heterocycles.